The summed E-state index contributed by atoms with van der Waals surface area (Å²) in [6.07, 6.45) is -0.903. The largest absolute Gasteiger partial charge is 0.449 e. The van der Waals surface area contributed by atoms with Crippen LogP contribution in [-0.2, 0) is 16.1 Å². The molecule has 1 amide bonds. The fraction of sp³-hybridized carbons (Fsp3) is 0.273. The molecule has 6 heteroatoms. The average Bonchev–Trinajstić information content (AvgIpc) is 2.67. The lowest BCUT2D eigenvalue weighted by Gasteiger charge is -2.14. The molecule has 1 N–H and O–H groups in total. The van der Waals surface area contributed by atoms with Crippen molar-refractivity contribution in [2.75, 3.05) is 0 Å². The summed E-state index contributed by atoms with van der Waals surface area (Å²) in [5, 5.41) is 2.78. The molecule has 0 aliphatic heterocycles. The van der Waals surface area contributed by atoms with E-state index in [-0.39, 0.29) is 5.91 Å². The molecule has 3 rings (SSSR count). The van der Waals surface area contributed by atoms with E-state index in [4.69, 9.17) is 4.74 Å². The molecule has 0 bridgehead atoms. The van der Waals surface area contributed by atoms with Crippen molar-refractivity contribution in [3.63, 3.8) is 0 Å². The molecule has 0 fully saturated rings. The van der Waals surface area contributed by atoms with Crippen molar-refractivity contribution in [2.45, 2.75) is 40.3 Å². The van der Waals surface area contributed by atoms with Gasteiger partial charge in [-0.15, -0.1) is 0 Å². The molecule has 2 aromatic carbocycles. The first-order valence-corrected chi connectivity index (χ1v) is 9.13. The van der Waals surface area contributed by atoms with Crippen molar-refractivity contribution >= 4 is 22.9 Å². The number of carbonyl (C=O) groups is 2. The minimum absolute atomic E-state index is 0.336. The number of amides is 1. The fourth-order valence-electron chi connectivity index (χ4n) is 2.68. The van der Waals surface area contributed by atoms with E-state index in [1.807, 2.05) is 45.0 Å². The Morgan fingerprint density at radius 3 is 2.29 bits per heavy atom. The van der Waals surface area contributed by atoms with Gasteiger partial charge in [0.05, 0.1) is 28.0 Å². The van der Waals surface area contributed by atoms with Gasteiger partial charge in [-0.1, -0.05) is 29.8 Å². The Morgan fingerprint density at radius 2 is 1.61 bits per heavy atom. The van der Waals surface area contributed by atoms with Gasteiger partial charge in [0, 0.05) is 6.54 Å². The van der Waals surface area contributed by atoms with Gasteiger partial charge in [0.2, 0.25) is 0 Å². The Hall–Kier alpha value is -3.28. The molecule has 0 aliphatic carbocycles. The fourth-order valence-corrected chi connectivity index (χ4v) is 2.68. The Bertz CT molecular complexity index is 1030. The summed E-state index contributed by atoms with van der Waals surface area (Å²) in [6, 6.07) is 12.9. The highest BCUT2D eigenvalue weighted by Crippen LogP contribution is 2.15. The van der Waals surface area contributed by atoms with Crippen LogP contribution in [0.25, 0.3) is 11.0 Å². The van der Waals surface area contributed by atoms with Crippen LogP contribution in [0.5, 0.6) is 0 Å². The summed E-state index contributed by atoms with van der Waals surface area (Å²) in [6.45, 7) is 7.70. The number of aryl methyl sites for hydroxylation is 3. The molecular formula is C22H23N3O3. The summed E-state index contributed by atoms with van der Waals surface area (Å²) in [4.78, 5) is 33.5. The first-order valence-electron chi connectivity index (χ1n) is 9.13. The van der Waals surface area contributed by atoms with E-state index < -0.39 is 12.1 Å². The third kappa shape index (κ3) is 4.52. The van der Waals surface area contributed by atoms with Gasteiger partial charge in [-0.05, 0) is 51.5 Å². The minimum atomic E-state index is -0.903. The molecule has 1 heterocycles. The monoisotopic (exact) mass is 377 g/mol. The summed E-state index contributed by atoms with van der Waals surface area (Å²) in [5.41, 5.74) is 5.46. The molecule has 0 spiro atoms. The first kappa shape index (κ1) is 19.5. The highest BCUT2D eigenvalue weighted by molar-refractivity contribution is 5.95. The van der Waals surface area contributed by atoms with E-state index in [2.05, 4.69) is 15.3 Å². The smallest absolute Gasteiger partial charge is 0.338 e. The predicted molar refractivity (Wildman–Crippen MR) is 107 cm³/mol. The highest BCUT2D eigenvalue weighted by atomic mass is 16.5. The van der Waals surface area contributed by atoms with Crippen LogP contribution in [0.2, 0.25) is 0 Å². The van der Waals surface area contributed by atoms with Crippen LogP contribution < -0.4 is 5.32 Å². The normalized spacial score (nSPS) is 11.9. The lowest BCUT2D eigenvalue weighted by atomic mass is 10.1. The quantitative estimate of drug-likeness (QED) is 0.689. The van der Waals surface area contributed by atoms with Crippen molar-refractivity contribution in [1.29, 1.82) is 0 Å². The third-order valence-electron chi connectivity index (χ3n) is 4.55. The second-order valence-electron chi connectivity index (χ2n) is 6.85. The summed E-state index contributed by atoms with van der Waals surface area (Å²) >= 11 is 0. The molecular weight excluding hydrogens is 354 g/mol. The molecule has 6 nitrogen and oxygen atoms in total. The molecule has 1 atom stereocenters. The summed E-state index contributed by atoms with van der Waals surface area (Å²) < 4.78 is 5.31. The van der Waals surface area contributed by atoms with Crippen molar-refractivity contribution in [2.24, 2.45) is 0 Å². The Kier molecular flexibility index (Phi) is 5.68. The number of hydrogen-bond donors (Lipinski definition) is 1. The molecule has 0 saturated heterocycles. The van der Waals surface area contributed by atoms with Crippen LogP contribution in [0, 0.1) is 20.8 Å². The van der Waals surface area contributed by atoms with Crippen LogP contribution in [-0.4, -0.2) is 27.9 Å². The van der Waals surface area contributed by atoms with Crippen LogP contribution in [0.4, 0.5) is 0 Å². The van der Waals surface area contributed by atoms with Gasteiger partial charge in [-0.3, -0.25) is 4.79 Å². The van der Waals surface area contributed by atoms with Crippen LogP contribution in [0.1, 0.15) is 39.8 Å². The summed E-state index contributed by atoms with van der Waals surface area (Å²) in [5.74, 6) is -0.916. The maximum absolute atomic E-state index is 12.4. The maximum atomic E-state index is 12.4. The van der Waals surface area contributed by atoms with E-state index in [1.165, 1.54) is 0 Å². The number of ether oxygens (including phenoxy) is 1. The van der Waals surface area contributed by atoms with Gasteiger partial charge in [0.15, 0.2) is 6.10 Å². The minimum Gasteiger partial charge on any atom is -0.449 e. The van der Waals surface area contributed by atoms with Crippen molar-refractivity contribution in [3.8, 4) is 0 Å². The number of benzene rings is 2. The Labute approximate surface area is 164 Å². The zero-order chi connectivity index (χ0) is 20.3. The standard InChI is InChI=1S/C22H23N3O3/c1-13-5-7-17(8-6-13)12-23-21(26)16(4)28-22(27)18-9-10-19-20(11-18)25-15(3)14(2)24-19/h5-11,16H,12H2,1-4H3,(H,23,26). The Morgan fingerprint density at radius 1 is 0.964 bits per heavy atom. The molecule has 1 aromatic heterocycles. The zero-order valence-corrected chi connectivity index (χ0v) is 16.4. The van der Waals surface area contributed by atoms with Crippen LogP contribution >= 0.6 is 0 Å². The average molecular weight is 377 g/mol. The summed E-state index contributed by atoms with van der Waals surface area (Å²) in [7, 11) is 0. The lowest BCUT2D eigenvalue weighted by Crippen LogP contribution is -2.35. The van der Waals surface area contributed by atoms with Crippen molar-refractivity contribution in [3.05, 3.63) is 70.5 Å². The molecule has 0 radical (unpaired) electrons. The van der Waals surface area contributed by atoms with Gasteiger partial charge < -0.3 is 10.1 Å². The Balaban J connectivity index is 1.62. The number of carbonyl (C=O) groups excluding carboxylic acids is 2. The van der Waals surface area contributed by atoms with E-state index in [0.717, 1.165) is 22.5 Å². The predicted octanol–water partition coefficient (Wildman–Crippen LogP) is 3.42. The van der Waals surface area contributed by atoms with Gasteiger partial charge >= 0.3 is 5.97 Å². The van der Waals surface area contributed by atoms with Gasteiger partial charge in [0.1, 0.15) is 0 Å². The zero-order valence-electron chi connectivity index (χ0n) is 16.4. The van der Waals surface area contributed by atoms with Crippen LogP contribution in [0.15, 0.2) is 42.5 Å². The van der Waals surface area contributed by atoms with E-state index in [1.54, 1.807) is 25.1 Å². The molecule has 1 unspecified atom stereocenters. The number of nitrogens with zero attached hydrogens (tertiary/aromatic N) is 2. The second kappa shape index (κ2) is 8.17. The SMILES string of the molecule is Cc1ccc(CNC(=O)C(C)OC(=O)c2ccc3nc(C)c(C)nc3c2)cc1. The van der Waals surface area contributed by atoms with Crippen molar-refractivity contribution in [1.82, 2.24) is 15.3 Å². The number of aromatic nitrogens is 2. The third-order valence-corrected chi connectivity index (χ3v) is 4.55. The molecule has 0 aliphatic rings. The van der Waals surface area contributed by atoms with E-state index in [9.17, 15) is 9.59 Å². The number of rotatable bonds is 5. The van der Waals surface area contributed by atoms with Gasteiger partial charge in [-0.25, -0.2) is 14.8 Å². The number of hydrogen-bond acceptors (Lipinski definition) is 5. The molecule has 144 valence electrons. The van der Waals surface area contributed by atoms with Gasteiger partial charge in [-0.2, -0.15) is 0 Å². The number of nitrogens with one attached hydrogen (secondary N) is 1. The molecule has 0 saturated carbocycles. The second-order valence-corrected chi connectivity index (χ2v) is 6.85. The highest BCUT2D eigenvalue weighted by Gasteiger charge is 2.19. The van der Waals surface area contributed by atoms with Crippen molar-refractivity contribution < 1.29 is 14.3 Å². The van der Waals surface area contributed by atoms with E-state index in [0.29, 0.717) is 23.1 Å². The number of fused-ring (bicyclic) bond motifs is 1. The van der Waals surface area contributed by atoms with E-state index >= 15 is 0 Å². The lowest BCUT2D eigenvalue weighted by molar-refractivity contribution is -0.129. The number of esters is 1. The topological polar surface area (TPSA) is 81.2 Å². The molecule has 28 heavy (non-hydrogen) atoms. The molecule has 3 aromatic rings. The van der Waals surface area contributed by atoms with Crippen LogP contribution in [0.3, 0.4) is 0 Å². The first-order chi connectivity index (χ1) is 13.3. The maximum Gasteiger partial charge on any atom is 0.338 e. The van der Waals surface area contributed by atoms with Gasteiger partial charge in [0.25, 0.3) is 5.91 Å².